The number of methoxy groups -OCH3 is 1. The van der Waals surface area contributed by atoms with Crippen LogP contribution in [0.15, 0.2) is 6.20 Å². The highest BCUT2D eigenvalue weighted by Crippen LogP contribution is 2.25. The lowest BCUT2D eigenvalue weighted by Gasteiger charge is -2.23. The summed E-state index contributed by atoms with van der Waals surface area (Å²) in [5, 5.41) is 12.4. The van der Waals surface area contributed by atoms with Gasteiger partial charge in [-0.2, -0.15) is 4.98 Å². The second-order valence-electron chi connectivity index (χ2n) is 4.13. The minimum atomic E-state index is -0.873. The number of hydrogen-bond acceptors (Lipinski definition) is 5. The molecule has 2 N–H and O–H groups in total. The zero-order valence-corrected chi connectivity index (χ0v) is 11.3. The predicted molar refractivity (Wildman–Crippen MR) is 68.1 cm³/mol. The summed E-state index contributed by atoms with van der Waals surface area (Å²) in [6, 6.07) is 0.176. The number of aromatic nitrogens is 2. The van der Waals surface area contributed by atoms with Gasteiger partial charge in [0.15, 0.2) is 5.82 Å². The van der Waals surface area contributed by atoms with Gasteiger partial charge in [-0.05, 0) is 13.3 Å². The van der Waals surface area contributed by atoms with Gasteiger partial charge in [0.1, 0.15) is 5.02 Å². The molecular formula is C11H16ClN3O3. The molecule has 0 amide bonds. The lowest BCUT2D eigenvalue weighted by atomic mass is 9.88. The highest BCUT2D eigenvalue weighted by Gasteiger charge is 2.31. The molecule has 0 spiro atoms. The van der Waals surface area contributed by atoms with Crippen molar-refractivity contribution in [1.29, 1.82) is 0 Å². The maximum absolute atomic E-state index is 11.2. The maximum atomic E-state index is 11.2. The van der Waals surface area contributed by atoms with E-state index in [9.17, 15) is 4.79 Å². The molecule has 1 aromatic heterocycles. The lowest BCUT2D eigenvalue weighted by molar-refractivity contribution is -0.147. The number of ether oxygens (including phenoxy) is 1. The zero-order valence-electron chi connectivity index (χ0n) is 10.5. The summed E-state index contributed by atoms with van der Waals surface area (Å²) < 4.78 is 4.88. The van der Waals surface area contributed by atoms with E-state index >= 15 is 0 Å². The minimum Gasteiger partial charge on any atom is -0.481 e. The van der Waals surface area contributed by atoms with Gasteiger partial charge >= 0.3 is 12.0 Å². The molecule has 0 bridgehead atoms. The number of anilines is 1. The Bertz CT molecular complexity index is 442. The van der Waals surface area contributed by atoms with Gasteiger partial charge in [-0.1, -0.05) is 18.5 Å². The Morgan fingerprint density at radius 1 is 1.67 bits per heavy atom. The van der Waals surface area contributed by atoms with Crippen LogP contribution in [0.2, 0.25) is 5.02 Å². The SMILES string of the molecule is CCC(C)(CNc1nc(OC)ncc1Cl)C(=O)O. The Balaban J connectivity index is 2.82. The third kappa shape index (κ3) is 3.22. The number of nitrogens with one attached hydrogen (secondary N) is 1. The maximum Gasteiger partial charge on any atom is 0.318 e. The fraction of sp³-hybridized carbons (Fsp3) is 0.545. The number of carboxylic acid groups (broad SMARTS) is 1. The quantitative estimate of drug-likeness (QED) is 0.825. The summed E-state index contributed by atoms with van der Waals surface area (Å²) in [6.45, 7) is 3.70. The van der Waals surface area contributed by atoms with E-state index < -0.39 is 11.4 Å². The molecule has 18 heavy (non-hydrogen) atoms. The zero-order chi connectivity index (χ0) is 13.8. The van der Waals surface area contributed by atoms with E-state index in [1.54, 1.807) is 6.92 Å². The molecule has 1 unspecified atom stereocenters. The smallest absolute Gasteiger partial charge is 0.318 e. The summed E-state index contributed by atoms with van der Waals surface area (Å²) >= 11 is 5.91. The highest BCUT2D eigenvalue weighted by atomic mass is 35.5. The number of halogens is 1. The molecule has 1 heterocycles. The van der Waals surface area contributed by atoms with Crippen molar-refractivity contribution >= 4 is 23.4 Å². The van der Waals surface area contributed by atoms with Gasteiger partial charge in [0.05, 0.1) is 18.7 Å². The van der Waals surface area contributed by atoms with Crippen molar-refractivity contribution in [2.24, 2.45) is 5.41 Å². The van der Waals surface area contributed by atoms with Crippen LogP contribution >= 0.6 is 11.6 Å². The number of carbonyl (C=O) groups is 1. The van der Waals surface area contributed by atoms with E-state index in [1.807, 2.05) is 6.92 Å². The van der Waals surface area contributed by atoms with E-state index in [-0.39, 0.29) is 12.6 Å². The molecule has 100 valence electrons. The molecular weight excluding hydrogens is 258 g/mol. The average molecular weight is 274 g/mol. The van der Waals surface area contributed by atoms with Crippen LogP contribution in [0.1, 0.15) is 20.3 Å². The molecule has 7 heteroatoms. The highest BCUT2D eigenvalue weighted by molar-refractivity contribution is 6.32. The van der Waals surface area contributed by atoms with E-state index in [0.29, 0.717) is 17.3 Å². The van der Waals surface area contributed by atoms with Crippen LogP contribution in [0.25, 0.3) is 0 Å². The van der Waals surface area contributed by atoms with Crippen molar-refractivity contribution in [2.45, 2.75) is 20.3 Å². The molecule has 0 aromatic carbocycles. The van der Waals surface area contributed by atoms with Crippen LogP contribution in [0.4, 0.5) is 5.82 Å². The van der Waals surface area contributed by atoms with Gasteiger partial charge in [-0.15, -0.1) is 0 Å². The molecule has 6 nitrogen and oxygen atoms in total. The first kappa shape index (κ1) is 14.5. The van der Waals surface area contributed by atoms with Gasteiger partial charge in [-0.25, -0.2) is 4.98 Å². The summed E-state index contributed by atoms with van der Waals surface area (Å²) in [5.41, 5.74) is -0.873. The molecule has 0 fully saturated rings. The molecule has 1 aromatic rings. The number of aliphatic carboxylic acids is 1. The molecule has 0 aliphatic heterocycles. The molecule has 0 radical (unpaired) electrons. The standard InChI is InChI=1S/C11H16ClN3O3/c1-4-11(2,9(16)17)6-14-8-7(12)5-13-10(15-8)18-3/h5H,4,6H2,1-3H3,(H,16,17)(H,13,14,15). The third-order valence-corrected chi connectivity index (χ3v) is 3.12. The monoisotopic (exact) mass is 273 g/mol. The third-order valence-electron chi connectivity index (χ3n) is 2.85. The molecule has 0 aliphatic carbocycles. The average Bonchev–Trinajstić information content (AvgIpc) is 2.37. The first-order chi connectivity index (χ1) is 8.42. The van der Waals surface area contributed by atoms with Gasteiger partial charge in [-0.3, -0.25) is 4.79 Å². The molecule has 0 saturated carbocycles. The Labute approximate surface area is 110 Å². The number of rotatable bonds is 6. The van der Waals surface area contributed by atoms with Crippen LogP contribution in [-0.4, -0.2) is 34.7 Å². The second kappa shape index (κ2) is 5.86. The Morgan fingerprint density at radius 2 is 2.33 bits per heavy atom. The molecule has 0 saturated heterocycles. The fourth-order valence-corrected chi connectivity index (χ4v) is 1.36. The normalized spacial score (nSPS) is 13.8. The predicted octanol–water partition coefficient (Wildman–Crippen LogP) is 2.05. The Morgan fingerprint density at radius 3 is 2.83 bits per heavy atom. The lowest BCUT2D eigenvalue weighted by Crippen LogP contribution is -2.34. The second-order valence-corrected chi connectivity index (χ2v) is 4.53. The molecule has 1 atom stereocenters. The number of hydrogen-bond donors (Lipinski definition) is 2. The summed E-state index contributed by atoms with van der Waals surface area (Å²) in [7, 11) is 1.44. The van der Waals surface area contributed by atoms with Crippen molar-refractivity contribution < 1.29 is 14.6 Å². The Hall–Kier alpha value is -1.56. The number of carboxylic acids is 1. The van der Waals surface area contributed by atoms with Gasteiger partial charge in [0.2, 0.25) is 0 Å². The largest absolute Gasteiger partial charge is 0.481 e. The van der Waals surface area contributed by atoms with Crippen LogP contribution in [0.3, 0.4) is 0 Å². The van der Waals surface area contributed by atoms with Gasteiger partial charge < -0.3 is 15.2 Å². The molecule has 1 rings (SSSR count). The first-order valence-corrected chi connectivity index (χ1v) is 5.84. The Kier molecular flexibility index (Phi) is 4.72. The van der Waals surface area contributed by atoms with Gasteiger partial charge in [0.25, 0.3) is 0 Å². The summed E-state index contributed by atoms with van der Waals surface area (Å²) in [4.78, 5) is 19.0. The van der Waals surface area contributed by atoms with E-state index in [0.717, 1.165) is 0 Å². The number of nitrogens with zero attached hydrogens (tertiary/aromatic N) is 2. The van der Waals surface area contributed by atoms with Gasteiger partial charge in [0, 0.05) is 6.54 Å². The topological polar surface area (TPSA) is 84.3 Å². The van der Waals surface area contributed by atoms with Crippen molar-refractivity contribution in [2.75, 3.05) is 19.0 Å². The van der Waals surface area contributed by atoms with Crippen LogP contribution in [-0.2, 0) is 4.79 Å². The minimum absolute atomic E-state index is 0.176. The fourth-order valence-electron chi connectivity index (χ4n) is 1.20. The summed E-state index contributed by atoms with van der Waals surface area (Å²) in [6.07, 6.45) is 1.90. The van der Waals surface area contributed by atoms with E-state index in [1.165, 1.54) is 13.3 Å². The first-order valence-electron chi connectivity index (χ1n) is 5.46. The van der Waals surface area contributed by atoms with E-state index in [2.05, 4.69) is 15.3 Å². The molecule has 0 aliphatic rings. The summed E-state index contributed by atoms with van der Waals surface area (Å²) in [5.74, 6) is -0.501. The van der Waals surface area contributed by atoms with Crippen molar-refractivity contribution in [3.05, 3.63) is 11.2 Å². The van der Waals surface area contributed by atoms with Crippen LogP contribution in [0, 0.1) is 5.41 Å². The van der Waals surface area contributed by atoms with Crippen LogP contribution < -0.4 is 10.1 Å². The van der Waals surface area contributed by atoms with Crippen LogP contribution in [0.5, 0.6) is 6.01 Å². The van der Waals surface area contributed by atoms with Crippen molar-refractivity contribution in [1.82, 2.24) is 9.97 Å². The van der Waals surface area contributed by atoms with Crippen molar-refractivity contribution in [3.8, 4) is 6.01 Å². The van der Waals surface area contributed by atoms with Crippen molar-refractivity contribution in [3.63, 3.8) is 0 Å². The van der Waals surface area contributed by atoms with E-state index in [4.69, 9.17) is 21.4 Å².